The van der Waals surface area contributed by atoms with Gasteiger partial charge in [-0.15, -0.1) is 0 Å². The van der Waals surface area contributed by atoms with Gasteiger partial charge in [0.15, 0.2) is 9.84 Å². The average Bonchev–Trinajstić information content (AvgIpc) is 2.37. The highest BCUT2D eigenvalue weighted by Gasteiger charge is 2.18. The average molecular weight is 293 g/mol. The largest absolute Gasteiger partial charge is 0.257 e. The van der Waals surface area contributed by atoms with Gasteiger partial charge in [-0.2, -0.15) is 0 Å². The Bertz CT molecular complexity index is 581. The Hall–Kier alpha value is -1.42. The summed E-state index contributed by atoms with van der Waals surface area (Å²) in [4.78, 5) is 4.26. The standard InChI is InChI=1S/C16H23NO2S/c1-6-15-8-7-14(12-17-15)11-16(4,5)9-10-20(18,19)13(2)3/h6-10,12-13H,1,11H2,2-5H3/b10-9+. The zero-order valence-electron chi connectivity index (χ0n) is 12.6. The maximum atomic E-state index is 11.8. The van der Waals surface area contributed by atoms with Crippen LogP contribution in [0.5, 0.6) is 0 Å². The van der Waals surface area contributed by atoms with Gasteiger partial charge in [0.2, 0.25) is 0 Å². The maximum absolute atomic E-state index is 11.8. The van der Waals surface area contributed by atoms with Crippen molar-refractivity contribution in [1.29, 1.82) is 0 Å². The molecular weight excluding hydrogens is 270 g/mol. The molecule has 0 atom stereocenters. The van der Waals surface area contributed by atoms with Crippen molar-refractivity contribution in [3.05, 3.63) is 47.6 Å². The van der Waals surface area contributed by atoms with Crippen LogP contribution in [0.2, 0.25) is 0 Å². The van der Waals surface area contributed by atoms with Gasteiger partial charge in [-0.05, 0) is 43.4 Å². The fourth-order valence-electron chi connectivity index (χ4n) is 1.68. The normalized spacial score (nSPS) is 13.1. The second-order valence-corrected chi connectivity index (χ2v) is 8.29. The molecule has 1 rings (SSSR count). The predicted octanol–water partition coefficient (Wildman–Crippen LogP) is 3.63. The quantitative estimate of drug-likeness (QED) is 0.804. The highest BCUT2D eigenvalue weighted by molar-refractivity contribution is 7.94. The Labute approximate surface area is 122 Å². The second kappa shape index (κ2) is 6.35. The number of aromatic nitrogens is 1. The van der Waals surface area contributed by atoms with Gasteiger partial charge in [0.05, 0.1) is 10.9 Å². The molecule has 0 aliphatic heterocycles. The molecule has 0 aliphatic rings. The van der Waals surface area contributed by atoms with Crippen LogP contribution in [0.1, 0.15) is 39.0 Å². The Morgan fingerprint density at radius 1 is 1.35 bits per heavy atom. The lowest BCUT2D eigenvalue weighted by Crippen LogP contribution is -2.15. The van der Waals surface area contributed by atoms with Gasteiger partial charge in [-0.3, -0.25) is 4.98 Å². The zero-order chi connectivity index (χ0) is 15.4. The third-order valence-electron chi connectivity index (χ3n) is 3.08. The monoisotopic (exact) mass is 293 g/mol. The minimum Gasteiger partial charge on any atom is -0.257 e. The lowest BCUT2D eigenvalue weighted by atomic mass is 9.86. The topological polar surface area (TPSA) is 47.0 Å². The third kappa shape index (κ3) is 4.93. The van der Waals surface area contributed by atoms with Crippen molar-refractivity contribution < 1.29 is 8.42 Å². The summed E-state index contributed by atoms with van der Waals surface area (Å²) in [6, 6.07) is 3.91. The summed E-state index contributed by atoms with van der Waals surface area (Å²) in [5.41, 5.74) is 1.68. The fraction of sp³-hybridized carbons (Fsp3) is 0.438. The molecule has 0 fully saturated rings. The van der Waals surface area contributed by atoms with Crippen LogP contribution in [0.25, 0.3) is 6.08 Å². The van der Waals surface area contributed by atoms with Crippen LogP contribution in [-0.2, 0) is 16.3 Å². The molecule has 0 bridgehead atoms. The molecule has 0 aliphatic carbocycles. The Morgan fingerprint density at radius 2 is 2.00 bits per heavy atom. The van der Waals surface area contributed by atoms with Crippen LogP contribution in [0.4, 0.5) is 0 Å². The number of hydrogen-bond donors (Lipinski definition) is 0. The minimum atomic E-state index is -3.14. The molecule has 0 amide bonds. The maximum Gasteiger partial charge on any atom is 0.173 e. The van der Waals surface area contributed by atoms with Crippen molar-refractivity contribution >= 4 is 15.9 Å². The number of rotatable bonds is 6. The Balaban J connectivity index is 2.83. The first-order valence-corrected chi connectivity index (χ1v) is 8.28. The van der Waals surface area contributed by atoms with Gasteiger partial charge in [0.1, 0.15) is 0 Å². The van der Waals surface area contributed by atoms with Gasteiger partial charge in [-0.25, -0.2) is 8.42 Å². The van der Waals surface area contributed by atoms with Crippen molar-refractivity contribution in [3.8, 4) is 0 Å². The van der Waals surface area contributed by atoms with Gasteiger partial charge in [-0.1, -0.05) is 32.6 Å². The van der Waals surface area contributed by atoms with Crippen LogP contribution < -0.4 is 0 Å². The third-order valence-corrected chi connectivity index (χ3v) is 4.91. The number of nitrogens with zero attached hydrogens (tertiary/aromatic N) is 1. The summed E-state index contributed by atoms with van der Waals surface area (Å²) < 4.78 is 23.6. The molecule has 20 heavy (non-hydrogen) atoms. The molecule has 1 aromatic heterocycles. The van der Waals surface area contributed by atoms with Crippen molar-refractivity contribution in [2.45, 2.75) is 39.4 Å². The SMILES string of the molecule is C=Cc1ccc(CC(C)(C)/C=C/S(=O)(=O)C(C)C)cn1. The molecule has 0 saturated heterocycles. The first kappa shape index (κ1) is 16.6. The highest BCUT2D eigenvalue weighted by atomic mass is 32.2. The van der Waals surface area contributed by atoms with Gasteiger partial charge >= 0.3 is 0 Å². The van der Waals surface area contributed by atoms with Gasteiger partial charge in [0, 0.05) is 11.6 Å². The van der Waals surface area contributed by atoms with E-state index < -0.39 is 9.84 Å². The van der Waals surface area contributed by atoms with E-state index in [-0.39, 0.29) is 10.7 Å². The fourth-order valence-corrected chi connectivity index (χ4v) is 2.55. The summed E-state index contributed by atoms with van der Waals surface area (Å²) in [7, 11) is -3.14. The molecule has 0 radical (unpaired) electrons. The van der Waals surface area contributed by atoms with E-state index >= 15 is 0 Å². The molecule has 110 valence electrons. The summed E-state index contributed by atoms with van der Waals surface area (Å²) in [6.07, 6.45) is 6.01. The first-order valence-electron chi connectivity index (χ1n) is 6.67. The number of hydrogen-bond acceptors (Lipinski definition) is 3. The van der Waals surface area contributed by atoms with E-state index in [9.17, 15) is 8.42 Å². The van der Waals surface area contributed by atoms with E-state index in [1.807, 2.05) is 32.2 Å². The molecule has 0 N–H and O–H groups in total. The zero-order valence-corrected chi connectivity index (χ0v) is 13.4. The molecule has 0 aromatic carbocycles. The lowest BCUT2D eigenvalue weighted by Gasteiger charge is -2.20. The van der Waals surface area contributed by atoms with Crippen molar-refractivity contribution in [2.75, 3.05) is 0 Å². The van der Waals surface area contributed by atoms with E-state index in [2.05, 4.69) is 11.6 Å². The summed E-state index contributed by atoms with van der Waals surface area (Å²) in [5, 5.41) is 0.950. The number of allylic oxidation sites excluding steroid dienone is 1. The van der Waals surface area contributed by atoms with Gasteiger partial charge < -0.3 is 0 Å². The highest BCUT2D eigenvalue weighted by Crippen LogP contribution is 2.24. The van der Waals surface area contributed by atoms with E-state index in [0.29, 0.717) is 0 Å². The minimum absolute atomic E-state index is 0.237. The molecule has 1 heterocycles. The van der Waals surface area contributed by atoms with E-state index in [1.165, 1.54) is 5.41 Å². The van der Waals surface area contributed by atoms with Crippen LogP contribution in [0, 0.1) is 5.41 Å². The van der Waals surface area contributed by atoms with Crippen LogP contribution in [0.3, 0.4) is 0 Å². The van der Waals surface area contributed by atoms with Crippen LogP contribution in [-0.4, -0.2) is 18.7 Å². The molecule has 0 saturated carbocycles. The van der Waals surface area contributed by atoms with E-state index in [0.717, 1.165) is 17.7 Å². The molecule has 0 spiro atoms. The predicted molar refractivity (Wildman–Crippen MR) is 85.0 cm³/mol. The molecule has 0 unspecified atom stereocenters. The first-order chi connectivity index (χ1) is 9.16. The smallest absolute Gasteiger partial charge is 0.173 e. The summed E-state index contributed by atoms with van der Waals surface area (Å²) >= 11 is 0. The van der Waals surface area contributed by atoms with Crippen LogP contribution in [0.15, 0.2) is 36.4 Å². The second-order valence-electron chi connectivity index (χ2n) is 5.90. The van der Waals surface area contributed by atoms with E-state index in [4.69, 9.17) is 0 Å². The molecular formula is C16H23NO2S. The van der Waals surface area contributed by atoms with Crippen molar-refractivity contribution in [2.24, 2.45) is 5.41 Å². The molecule has 3 nitrogen and oxygen atoms in total. The summed E-state index contributed by atoms with van der Waals surface area (Å²) in [5.74, 6) is 0. The Kier molecular flexibility index (Phi) is 5.28. The number of sulfone groups is 1. The molecule has 4 heteroatoms. The van der Waals surface area contributed by atoms with E-state index in [1.54, 1.807) is 26.0 Å². The van der Waals surface area contributed by atoms with Crippen molar-refractivity contribution in [1.82, 2.24) is 4.98 Å². The van der Waals surface area contributed by atoms with Crippen molar-refractivity contribution in [3.63, 3.8) is 0 Å². The molecule has 1 aromatic rings. The van der Waals surface area contributed by atoms with Crippen LogP contribution >= 0.6 is 0 Å². The summed E-state index contributed by atoms with van der Waals surface area (Å²) in [6.45, 7) is 11.1. The lowest BCUT2D eigenvalue weighted by molar-refractivity contribution is 0.477. The van der Waals surface area contributed by atoms with Gasteiger partial charge in [0.25, 0.3) is 0 Å². The Morgan fingerprint density at radius 3 is 2.45 bits per heavy atom. The number of pyridine rings is 1.